The summed E-state index contributed by atoms with van der Waals surface area (Å²) in [5, 5.41) is 18.7. The number of hydrogen-bond donors (Lipinski definition) is 0. The molecule has 0 N–H and O–H groups in total. The second kappa shape index (κ2) is 24.9. The van der Waals surface area contributed by atoms with Crippen molar-refractivity contribution in [3.05, 3.63) is 155 Å². The first-order chi connectivity index (χ1) is 38.2. The molecular weight excluding hydrogens is 981 g/mol. The van der Waals surface area contributed by atoms with Crippen molar-refractivity contribution in [3.63, 3.8) is 0 Å². The summed E-state index contributed by atoms with van der Waals surface area (Å²) in [5.41, 5.74) is 6.24. The predicted octanol–water partition coefficient (Wildman–Crippen LogP) is 9.19. The summed E-state index contributed by atoms with van der Waals surface area (Å²) in [7, 11) is 0. The number of pyridine rings is 2. The lowest BCUT2D eigenvalue weighted by Gasteiger charge is -2.41. The number of rotatable bonds is 18. The lowest BCUT2D eigenvalue weighted by atomic mass is 9.84. The van der Waals surface area contributed by atoms with Gasteiger partial charge in [0.05, 0.1) is 34.6 Å². The van der Waals surface area contributed by atoms with Crippen molar-refractivity contribution in [3.8, 4) is 35.1 Å². The molecule has 4 aliphatic heterocycles. The molecule has 402 valence electrons. The Kier molecular flexibility index (Phi) is 17.0. The van der Waals surface area contributed by atoms with Crippen LogP contribution in [-0.2, 0) is 0 Å². The van der Waals surface area contributed by atoms with Gasteiger partial charge in [0, 0.05) is 118 Å². The lowest BCUT2D eigenvalue weighted by Crippen LogP contribution is -2.53. The van der Waals surface area contributed by atoms with Crippen molar-refractivity contribution in [2.24, 2.45) is 0 Å². The minimum atomic E-state index is -0.156. The molecule has 2 saturated heterocycles. The Labute approximate surface area is 457 Å². The highest BCUT2D eigenvalue weighted by atomic mass is 16.6. The van der Waals surface area contributed by atoms with E-state index in [1.54, 1.807) is 70.7 Å². The highest BCUT2D eigenvalue weighted by molar-refractivity contribution is 6.06. The molecule has 0 unspecified atom stereocenters. The van der Waals surface area contributed by atoms with Crippen molar-refractivity contribution in [1.29, 1.82) is 10.5 Å². The number of piperazine rings is 2. The topological polar surface area (TPSA) is 164 Å². The van der Waals surface area contributed by atoms with E-state index in [2.05, 4.69) is 86.7 Å². The molecule has 6 heterocycles. The normalized spacial score (nSPS) is 16.2. The number of carbonyl (C=O) groups excluding carboxylic acids is 2. The molecule has 2 fully saturated rings. The minimum absolute atomic E-state index is 0.0356. The molecule has 0 aliphatic carbocycles. The van der Waals surface area contributed by atoms with Crippen molar-refractivity contribution < 1.29 is 28.5 Å². The Morgan fingerprint density at radius 2 is 0.949 bits per heavy atom. The van der Waals surface area contributed by atoms with Gasteiger partial charge in [0.1, 0.15) is 38.1 Å². The average molecular weight is 1050 g/mol. The summed E-state index contributed by atoms with van der Waals surface area (Å²) in [5.74, 6) is 3.98. The van der Waals surface area contributed by atoms with Gasteiger partial charge in [-0.3, -0.25) is 29.2 Å². The molecule has 0 saturated carbocycles. The molecule has 6 aromatic rings. The zero-order valence-electron chi connectivity index (χ0n) is 44.9. The van der Waals surface area contributed by atoms with E-state index in [0.29, 0.717) is 73.4 Å². The maximum atomic E-state index is 14.0. The molecular formula is C62H68N10O6. The third-order valence-electron chi connectivity index (χ3n) is 15.6. The third-order valence-corrected chi connectivity index (χ3v) is 15.6. The van der Waals surface area contributed by atoms with E-state index in [0.717, 1.165) is 124 Å². The zero-order chi connectivity index (χ0) is 54.0. The summed E-state index contributed by atoms with van der Waals surface area (Å²) in [4.78, 5) is 50.2. The molecule has 0 bridgehead atoms. The number of amides is 2. The van der Waals surface area contributed by atoms with Gasteiger partial charge in [0.2, 0.25) is 0 Å². The Bertz CT molecular complexity index is 2890. The Morgan fingerprint density at radius 1 is 0.538 bits per heavy atom. The molecule has 16 nitrogen and oxygen atoms in total. The number of unbranched alkanes of at least 4 members (excludes halogenated alkanes) is 2. The van der Waals surface area contributed by atoms with E-state index in [1.807, 2.05) is 36.4 Å². The monoisotopic (exact) mass is 1050 g/mol. The first kappa shape index (κ1) is 53.2. The van der Waals surface area contributed by atoms with Gasteiger partial charge in [-0.05, 0) is 105 Å². The third kappa shape index (κ3) is 11.7. The van der Waals surface area contributed by atoms with Crippen LogP contribution < -0.4 is 38.5 Å². The van der Waals surface area contributed by atoms with Crippen LogP contribution in [0.1, 0.15) is 95.3 Å². The van der Waals surface area contributed by atoms with Crippen molar-refractivity contribution in [2.45, 2.75) is 64.5 Å². The molecule has 4 aliphatic rings. The SMILES string of the molecule is CCCCCC(c1ccc(N2CCN([C@H](C)CN(C(=O)c3ccc(C#N)cc3)c3ccccn3)CC2)c2c1OCCO2)c1ccc(N2CCN([C@H](C)CN(C(=O)c3ccc(C#N)cc3)c3ccccn3)CC2)c2c1OCCO2. The molecule has 2 amide bonds. The van der Waals surface area contributed by atoms with Gasteiger partial charge in [0.25, 0.3) is 11.8 Å². The molecule has 2 atom stereocenters. The van der Waals surface area contributed by atoms with Crippen molar-refractivity contribution >= 4 is 34.8 Å². The van der Waals surface area contributed by atoms with Gasteiger partial charge in [-0.15, -0.1) is 0 Å². The zero-order valence-corrected chi connectivity index (χ0v) is 44.9. The van der Waals surface area contributed by atoms with Crippen LogP contribution in [0.15, 0.2) is 122 Å². The second-order valence-corrected chi connectivity index (χ2v) is 20.4. The molecule has 10 rings (SSSR count). The van der Waals surface area contributed by atoms with E-state index in [-0.39, 0.29) is 29.8 Å². The Balaban J connectivity index is 0.842. The fourth-order valence-electron chi connectivity index (χ4n) is 11.3. The van der Waals surface area contributed by atoms with Gasteiger partial charge in [-0.1, -0.05) is 50.5 Å². The van der Waals surface area contributed by atoms with Crippen LogP contribution in [0.4, 0.5) is 23.0 Å². The van der Waals surface area contributed by atoms with E-state index in [9.17, 15) is 20.1 Å². The number of fused-ring (bicyclic) bond motifs is 2. The smallest absolute Gasteiger partial charge is 0.259 e. The number of carbonyl (C=O) groups is 2. The maximum Gasteiger partial charge on any atom is 0.259 e. The van der Waals surface area contributed by atoms with Crippen molar-refractivity contribution in [2.75, 3.05) is 111 Å². The summed E-state index contributed by atoms with van der Waals surface area (Å²) in [6, 6.07) is 38.0. The summed E-state index contributed by atoms with van der Waals surface area (Å²) in [6.45, 7) is 15.5. The first-order valence-corrected chi connectivity index (χ1v) is 27.5. The van der Waals surface area contributed by atoms with Gasteiger partial charge >= 0.3 is 0 Å². The van der Waals surface area contributed by atoms with E-state index >= 15 is 0 Å². The maximum absolute atomic E-state index is 14.0. The van der Waals surface area contributed by atoms with Gasteiger partial charge in [-0.2, -0.15) is 10.5 Å². The highest BCUT2D eigenvalue weighted by Gasteiger charge is 2.35. The fraction of sp³-hybridized carbons (Fsp3) is 0.387. The van der Waals surface area contributed by atoms with E-state index in [1.165, 1.54) is 0 Å². The van der Waals surface area contributed by atoms with E-state index in [4.69, 9.17) is 18.9 Å². The van der Waals surface area contributed by atoms with E-state index < -0.39 is 0 Å². The van der Waals surface area contributed by atoms with Crippen LogP contribution in [0.2, 0.25) is 0 Å². The Hall–Kier alpha value is -8.18. The molecule has 2 aromatic heterocycles. The standard InChI is InChI=1S/C62H68N10O6/c1-4-5-6-11-50(51-22-24-53(59-57(51)75-36-38-77-59)69-32-28-67(29-33-69)44(2)42-71(55-12-7-9-26-65-55)61(73)48-18-14-46(40-63)15-19-48)52-23-25-54(60-58(52)76-37-39-78-60)70-34-30-68(31-35-70)45(3)43-72(56-13-8-10-27-66-56)62(74)49-20-16-47(41-64)17-21-49/h7-10,12-27,44-45,50H,4-6,11,28-39,42-43H2,1-3H3/t44-,45-/m1/s1. The molecule has 0 radical (unpaired) electrons. The largest absolute Gasteiger partial charge is 0.486 e. The second-order valence-electron chi connectivity index (χ2n) is 20.4. The van der Waals surface area contributed by atoms with Crippen LogP contribution in [0.5, 0.6) is 23.0 Å². The number of aromatic nitrogens is 2. The molecule has 0 spiro atoms. The number of hydrogen-bond acceptors (Lipinski definition) is 14. The van der Waals surface area contributed by atoms with Crippen LogP contribution in [0, 0.1) is 22.7 Å². The van der Waals surface area contributed by atoms with Crippen LogP contribution in [0.3, 0.4) is 0 Å². The summed E-state index contributed by atoms with van der Waals surface area (Å²) in [6.07, 6.45) is 7.54. The number of nitriles is 2. The van der Waals surface area contributed by atoms with Crippen LogP contribution in [-0.4, -0.2) is 136 Å². The number of anilines is 4. The van der Waals surface area contributed by atoms with Gasteiger partial charge in [-0.25, -0.2) is 9.97 Å². The van der Waals surface area contributed by atoms with Gasteiger partial charge < -0.3 is 28.7 Å². The highest BCUT2D eigenvalue weighted by Crippen LogP contribution is 2.52. The summed E-state index contributed by atoms with van der Waals surface area (Å²) < 4.78 is 26.5. The lowest BCUT2D eigenvalue weighted by molar-refractivity contribution is 0.0966. The number of nitrogens with zero attached hydrogens (tertiary/aromatic N) is 10. The fourth-order valence-corrected chi connectivity index (χ4v) is 11.3. The van der Waals surface area contributed by atoms with Gasteiger partial charge in [0.15, 0.2) is 23.0 Å². The number of benzene rings is 4. The number of ether oxygens (including phenoxy) is 4. The summed E-state index contributed by atoms with van der Waals surface area (Å²) >= 11 is 0. The first-order valence-electron chi connectivity index (χ1n) is 27.5. The van der Waals surface area contributed by atoms with Crippen LogP contribution in [0.25, 0.3) is 0 Å². The molecule has 4 aromatic carbocycles. The minimum Gasteiger partial charge on any atom is -0.486 e. The quantitative estimate of drug-likeness (QED) is 0.0749. The Morgan fingerprint density at radius 3 is 1.32 bits per heavy atom. The molecule has 78 heavy (non-hydrogen) atoms. The predicted molar refractivity (Wildman–Crippen MR) is 301 cm³/mol. The van der Waals surface area contributed by atoms with Crippen LogP contribution >= 0.6 is 0 Å². The average Bonchev–Trinajstić information content (AvgIpc) is 3.51. The molecule has 16 heteroatoms. The van der Waals surface area contributed by atoms with Crippen molar-refractivity contribution in [1.82, 2.24) is 19.8 Å².